The number of benzene rings is 1. The van der Waals surface area contributed by atoms with Crippen molar-refractivity contribution in [2.45, 2.75) is 31.1 Å². The maximum absolute atomic E-state index is 12.8. The molecule has 4 nitrogen and oxygen atoms in total. The molecule has 104 valence electrons. The Bertz CT molecular complexity index is 597. The molecule has 3 rings (SSSR count). The third-order valence-corrected chi connectivity index (χ3v) is 4.18. The minimum atomic E-state index is -0.378. The molecule has 1 N–H and O–H groups in total. The van der Waals surface area contributed by atoms with Gasteiger partial charge in [-0.3, -0.25) is 9.48 Å². The number of carbonyl (C=O) groups excluding carboxylic acids is 1. The molecule has 20 heavy (non-hydrogen) atoms. The van der Waals surface area contributed by atoms with E-state index in [4.69, 9.17) is 0 Å². The highest BCUT2D eigenvalue weighted by Crippen LogP contribution is 2.41. The van der Waals surface area contributed by atoms with Gasteiger partial charge in [0.15, 0.2) is 0 Å². The Morgan fingerprint density at radius 1 is 1.25 bits per heavy atom. The normalized spacial score (nSPS) is 17.1. The Morgan fingerprint density at radius 3 is 2.55 bits per heavy atom. The van der Waals surface area contributed by atoms with Crippen molar-refractivity contribution in [3.05, 3.63) is 48.3 Å². The van der Waals surface area contributed by atoms with Gasteiger partial charge >= 0.3 is 0 Å². The number of hydrogen-bond donors (Lipinski definition) is 1. The van der Waals surface area contributed by atoms with Crippen molar-refractivity contribution in [2.24, 2.45) is 7.05 Å². The summed E-state index contributed by atoms with van der Waals surface area (Å²) in [6, 6.07) is 10.1. The van der Waals surface area contributed by atoms with Crippen molar-refractivity contribution in [2.75, 3.05) is 5.32 Å². The van der Waals surface area contributed by atoms with E-state index in [1.807, 2.05) is 31.4 Å². The average molecular weight is 269 g/mol. The second-order valence-corrected chi connectivity index (χ2v) is 5.51. The van der Waals surface area contributed by atoms with E-state index in [9.17, 15) is 4.79 Å². The average Bonchev–Trinajstić information content (AvgIpc) is 3.10. The summed E-state index contributed by atoms with van der Waals surface area (Å²) in [6.07, 6.45) is 7.56. The molecular weight excluding hydrogens is 250 g/mol. The SMILES string of the molecule is Cn1cc(NC(=O)C2(c3ccccc3)CCCC2)cn1. The second kappa shape index (κ2) is 5.12. The standard InChI is InChI=1S/C16H19N3O/c1-19-12-14(11-17-19)18-15(20)16(9-5-6-10-16)13-7-3-2-4-8-13/h2-4,7-8,11-12H,5-6,9-10H2,1H3,(H,18,20). The van der Waals surface area contributed by atoms with Crippen molar-refractivity contribution in [1.82, 2.24) is 9.78 Å². The van der Waals surface area contributed by atoms with Crippen LogP contribution in [0.4, 0.5) is 5.69 Å². The van der Waals surface area contributed by atoms with Gasteiger partial charge in [0.1, 0.15) is 0 Å². The van der Waals surface area contributed by atoms with Gasteiger partial charge in [-0.15, -0.1) is 0 Å². The van der Waals surface area contributed by atoms with Gasteiger partial charge in [0.2, 0.25) is 5.91 Å². The summed E-state index contributed by atoms with van der Waals surface area (Å²) < 4.78 is 1.69. The fourth-order valence-corrected chi connectivity index (χ4v) is 3.12. The number of aromatic nitrogens is 2. The van der Waals surface area contributed by atoms with Crippen LogP contribution in [0.5, 0.6) is 0 Å². The minimum Gasteiger partial charge on any atom is -0.323 e. The predicted octanol–water partition coefficient (Wildman–Crippen LogP) is 2.87. The molecule has 1 fully saturated rings. The first kappa shape index (κ1) is 12.9. The molecule has 0 aliphatic heterocycles. The lowest BCUT2D eigenvalue weighted by Crippen LogP contribution is -2.37. The Morgan fingerprint density at radius 2 is 1.95 bits per heavy atom. The van der Waals surface area contributed by atoms with Crippen molar-refractivity contribution in [1.29, 1.82) is 0 Å². The van der Waals surface area contributed by atoms with Gasteiger partial charge in [0, 0.05) is 13.2 Å². The molecule has 4 heteroatoms. The summed E-state index contributed by atoms with van der Waals surface area (Å²) in [5.74, 6) is 0.0919. The van der Waals surface area contributed by atoms with Gasteiger partial charge < -0.3 is 5.32 Å². The van der Waals surface area contributed by atoms with Crippen molar-refractivity contribution < 1.29 is 4.79 Å². The van der Waals surface area contributed by atoms with Crippen LogP contribution in [-0.2, 0) is 17.3 Å². The van der Waals surface area contributed by atoms with Crippen LogP contribution in [0.2, 0.25) is 0 Å². The van der Waals surface area contributed by atoms with Gasteiger partial charge in [0.25, 0.3) is 0 Å². The number of nitrogens with one attached hydrogen (secondary N) is 1. The zero-order valence-electron chi connectivity index (χ0n) is 11.7. The fraction of sp³-hybridized carbons (Fsp3) is 0.375. The van der Waals surface area contributed by atoms with Crippen LogP contribution in [0.1, 0.15) is 31.2 Å². The number of carbonyl (C=O) groups is 1. The van der Waals surface area contributed by atoms with Gasteiger partial charge in [0.05, 0.1) is 17.3 Å². The molecule has 1 heterocycles. The second-order valence-electron chi connectivity index (χ2n) is 5.51. The van der Waals surface area contributed by atoms with Crippen molar-refractivity contribution in [3.8, 4) is 0 Å². The van der Waals surface area contributed by atoms with Crippen LogP contribution >= 0.6 is 0 Å². The summed E-state index contributed by atoms with van der Waals surface area (Å²) in [5.41, 5.74) is 1.51. The number of nitrogens with zero attached hydrogens (tertiary/aromatic N) is 2. The third kappa shape index (κ3) is 2.22. The maximum atomic E-state index is 12.8. The molecule has 1 amide bonds. The summed E-state index contributed by atoms with van der Waals surface area (Å²) in [7, 11) is 1.85. The third-order valence-electron chi connectivity index (χ3n) is 4.18. The van der Waals surface area contributed by atoms with E-state index in [0.29, 0.717) is 0 Å². The summed E-state index contributed by atoms with van der Waals surface area (Å²) in [6.45, 7) is 0. The molecule has 1 aromatic heterocycles. The first-order chi connectivity index (χ1) is 9.71. The number of rotatable bonds is 3. The fourth-order valence-electron chi connectivity index (χ4n) is 3.12. The zero-order chi connectivity index (χ0) is 14.0. The summed E-state index contributed by atoms with van der Waals surface area (Å²) >= 11 is 0. The van der Waals surface area contributed by atoms with Crippen LogP contribution in [0.15, 0.2) is 42.7 Å². The highest BCUT2D eigenvalue weighted by Gasteiger charge is 2.42. The highest BCUT2D eigenvalue weighted by molar-refractivity contribution is 5.99. The Hall–Kier alpha value is -2.10. The minimum absolute atomic E-state index is 0.0919. The molecule has 2 aromatic rings. The Kier molecular flexibility index (Phi) is 3.30. The van der Waals surface area contributed by atoms with Gasteiger partial charge in [-0.05, 0) is 18.4 Å². The van der Waals surface area contributed by atoms with Gasteiger partial charge in [-0.2, -0.15) is 5.10 Å². The summed E-state index contributed by atoms with van der Waals surface area (Å²) in [4.78, 5) is 12.8. The maximum Gasteiger partial charge on any atom is 0.235 e. The molecule has 0 unspecified atom stereocenters. The van der Waals surface area contributed by atoms with Crippen LogP contribution in [0, 0.1) is 0 Å². The van der Waals surface area contributed by atoms with Crippen LogP contribution in [-0.4, -0.2) is 15.7 Å². The van der Waals surface area contributed by atoms with Crippen molar-refractivity contribution >= 4 is 11.6 Å². The van der Waals surface area contributed by atoms with E-state index < -0.39 is 0 Å². The van der Waals surface area contributed by atoms with Crippen LogP contribution in [0.25, 0.3) is 0 Å². The molecule has 1 saturated carbocycles. The lowest BCUT2D eigenvalue weighted by atomic mass is 9.78. The molecule has 0 spiro atoms. The van der Waals surface area contributed by atoms with Gasteiger partial charge in [-0.25, -0.2) is 0 Å². The zero-order valence-corrected chi connectivity index (χ0v) is 11.7. The molecule has 1 aromatic carbocycles. The lowest BCUT2D eigenvalue weighted by Gasteiger charge is -2.28. The van der Waals surface area contributed by atoms with Gasteiger partial charge in [-0.1, -0.05) is 43.2 Å². The largest absolute Gasteiger partial charge is 0.323 e. The van der Waals surface area contributed by atoms with E-state index in [0.717, 1.165) is 36.9 Å². The molecule has 1 aliphatic carbocycles. The first-order valence-electron chi connectivity index (χ1n) is 7.06. The number of aryl methyl sites for hydroxylation is 1. The molecule has 1 aliphatic rings. The molecule has 0 atom stereocenters. The molecule has 0 radical (unpaired) electrons. The van der Waals surface area contributed by atoms with E-state index >= 15 is 0 Å². The van der Waals surface area contributed by atoms with E-state index in [1.54, 1.807) is 10.9 Å². The Labute approximate surface area is 118 Å². The highest BCUT2D eigenvalue weighted by atomic mass is 16.2. The van der Waals surface area contributed by atoms with E-state index in [-0.39, 0.29) is 11.3 Å². The monoisotopic (exact) mass is 269 g/mol. The van der Waals surface area contributed by atoms with E-state index in [1.165, 1.54) is 0 Å². The lowest BCUT2D eigenvalue weighted by molar-refractivity contribution is -0.121. The predicted molar refractivity (Wildman–Crippen MR) is 78.4 cm³/mol. The summed E-state index contributed by atoms with van der Waals surface area (Å²) in [5, 5.41) is 7.12. The van der Waals surface area contributed by atoms with Crippen LogP contribution in [0.3, 0.4) is 0 Å². The molecule has 0 saturated heterocycles. The first-order valence-corrected chi connectivity index (χ1v) is 7.06. The number of anilines is 1. The van der Waals surface area contributed by atoms with Crippen molar-refractivity contribution in [3.63, 3.8) is 0 Å². The smallest absolute Gasteiger partial charge is 0.235 e. The van der Waals surface area contributed by atoms with Crippen LogP contribution < -0.4 is 5.32 Å². The number of amides is 1. The van der Waals surface area contributed by atoms with E-state index in [2.05, 4.69) is 22.5 Å². The Balaban J connectivity index is 1.89. The topological polar surface area (TPSA) is 46.9 Å². The molecule has 0 bridgehead atoms. The number of hydrogen-bond acceptors (Lipinski definition) is 2. The molecular formula is C16H19N3O. The quantitative estimate of drug-likeness (QED) is 0.931.